The van der Waals surface area contributed by atoms with Crippen molar-refractivity contribution in [2.24, 2.45) is 0 Å². The summed E-state index contributed by atoms with van der Waals surface area (Å²) in [6, 6.07) is 6.64. The number of thiazole rings is 1. The molecule has 1 aromatic heterocycles. The first-order chi connectivity index (χ1) is 13.0. The number of rotatable bonds is 6. The lowest BCUT2D eigenvalue weighted by Crippen LogP contribution is -1.92. The van der Waals surface area contributed by atoms with Crippen LogP contribution in [0.15, 0.2) is 36.4 Å². The van der Waals surface area contributed by atoms with Crippen LogP contribution >= 0.6 is 11.3 Å². The largest absolute Gasteiger partial charge is 0.241 e. The second-order valence-electron chi connectivity index (χ2n) is 7.52. The predicted molar refractivity (Wildman–Crippen MR) is 122 cm³/mol. The summed E-state index contributed by atoms with van der Waals surface area (Å²) >= 11 is 1.90. The van der Waals surface area contributed by atoms with Gasteiger partial charge in [-0.3, -0.25) is 0 Å². The lowest BCUT2D eigenvalue weighted by molar-refractivity contribution is 0.595. The van der Waals surface area contributed by atoms with Gasteiger partial charge in [0.25, 0.3) is 0 Å². The zero-order valence-corrected chi connectivity index (χ0v) is 18.5. The highest BCUT2D eigenvalue weighted by atomic mass is 32.1. The van der Waals surface area contributed by atoms with E-state index >= 15 is 0 Å². The number of allylic oxidation sites excluding steroid dienone is 3. The standard InChI is InChI=1S/C15H21NS.C10H14/c1-3-4-6-9-12(2)15-16-13-10-7-5-8-11-14(13)17-15;1-4-10-6-5-8(2)9(3)7-10/h5,7-8,10,12H,3-4,6,9,11H2,1-2H3;5-7H,4H2,1-3H3. The summed E-state index contributed by atoms with van der Waals surface area (Å²) in [5.74, 6) is 0.621. The van der Waals surface area contributed by atoms with E-state index in [2.05, 4.69) is 77.1 Å². The zero-order valence-electron chi connectivity index (χ0n) is 17.7. The van der Waals surface area contributed by atoms with Crippen molar-refractivity contribution in [2.75, 3.05) is 0 Å². The van der Waals surface area contributed by atoms with E-state index in [4.69, 9.17) is 4.98 Å². The van der Waals surface area contributed by atoms with Crippen molar-refractivity contribution in [3.05, 3.63) is 68.7 Å². The van der Waals surface area contributed by atoms with Gasteiger partial charge in [-0.1, -0.05) is 76.5 Å². The first kappa shape index (κ1) is 21.6. The molecule has 0 saturated heterocycles. The molecule has 0 bridgehead atoms. The van der Waals surface area contributed by atoms with E-state index in [1.54, 1.807) is 0 Å². The molecular formula is C25H35NS. The van der Waals surface area contributed by atoms with E-state index in [0.717, 1.165) is 12.8 Å². The van der Waals surface area contributed by atoms with Crippen LogP contribution in [0.25, 0.3) is 6.08 Å². The van der Waals surface area contributed by atoms with Crippen LogP contribution in [-0.2, 0) is 12.8 Å². The van der Waals surface area contributed by atoms with E-state index in [1.165, 1.54) is 58.0 Å². The van der Waals surface area contributed by atoms with Gasteiger partial charge in [0.2, 0.25) is 0 Å². The van der Waals surface area contributed by atoms with Crippen LogP contribution in [-0.4, -0.2) is 4.98 Å². The summed E-state index contributed by atoms with van der Waals surface area (Å²) < 4.78 is 0. The molecule has 0 amide bonds. The molecule has 27 heavy (non-hydrogen) atoms. The molecule has 1 aliphatic rings. The molecule has 1 unspecified atom stereocenters. The third kappa shape index (κ3) is 6.77. The molecule has 1 atom stereocenters. The van der Waals surface area contributed by atoms with Crippen LogP contribution < -0.4 is 0 Å². The van der Waals surface area contributed by atoms with Gasteiger partial charge in [0, 0.05) is 17.2 Å². The molecule has 2 aromatic rings. The monoisotopic (exact) mass is 381 g/mol. The van der Waals surface area contributed by atoms with Gasteiger partial charge in [0.1, 0.15) is 0 Å². The summed E-state index contributed by atoms with van der Waals surface area (Å²) in [5.41, 5.74) is 5.41. The SMILES string of the molecule is CCCCCC(C)c1nc2c(s1)CC=CC=C2.CCc1ccc(C)c(C)c1. The maximum Gasteiger partial charge on any atom is 0.0963 e. The molecular weight excluding hydrogens is 346 g/mol. The van der Waals surface area contributed by atoms with E-state index < -0.39 is 0 Å². The highest BCUT2D eigenvalue weighted by molar-refractivity contribution is 7.12. The Morgan fingerprint density at radius 3 is 2.59 bits per heavy atom. The normalized spacial score (nSPS) is 13.5. The fourth-order valence-electron chi connectivity index (χ4n) is 3.12. The highest BCUT2D eigenvalue weighted by Crippen LogP contribution is 2.30. The van der Waals surface area contributed by atoms with Gasteiger partial charge < -0.3 is 0 Å². The Hall–Kier alpha value is -1.67. The summed E-state index contributed by atoms with van der Waals surface area (Å²) in [5, 5.41) is 1.33. The maximum atomic E-state index is 4.78. The number of aryl methyl sites for hydroxylation is 3. The zero-order chi connectivity index (χ0) is 19.6. The third-order valence-electron chi connectivity index (χ3n) is 5.19. The van der Waals surface area contributed by atoms with Gasteiger partial charge in [-0.15, -0.1) is 11.3 Å². The second kappa shape index (κ2) is 11.2. The average molecular weight is 382 g/mol. The molecule has 2 heteroatoms. The Labute approximate surface area is 170 Å². The molecule has 1 nitrogen and oxygen atoms in total. The van der Waals surface area contributed by atoms with Crippen molar-refractivity contribution in [1.82, 2.24) is 4.98 Å². The van der Waals surface area contributed by atoms with Crippen LogP contribution in [0.2, 0.25) is 0 Å². The predicted octanol–water partition coefficient (Wildman–Crippen LogP) is 7.82. The summed E-state index contributed by atoms with van der Waals surface area (Å²) in [6.07, 6.45) is 16.0. The first-order valence-corrected chi connectivity index (χ1v) is 11.3. The number of hydrogen-bond acceptors (Lipinski definition) is 2. The van der Waals surface area contributed by atoms with Crippen molar-refractivity contribution in [2.45, 2.75) is 79.1 Å². The quantitative estimate of drug-likeness (QED) is 0.465. The minimum absolute atomic E-state index is 0.621. The minimum atomic E-state index is 0.621. The number of nitrogens with zero attached hydrogens (tertiary/aromatic N) is 1. The molecule has 1 aromatic carbocycles. The lowest BCUT2D eigenvalue weighted by Gasteiger charge is -2.06. The van der Waals surface area contributed by atoms with E-state index in [0.29, 0.717) is 5.92 Å². The Morgan fingerprint density at radius 1 is 1.07 bits per heavy atom. The maximum absolute atomic E-state index is 4.78. The number of unbranched alkanes of at least 4 members (excludes halogenated alkanes) is 2. The molecule has 0 N–H and O–H groups in total. The van der Waals surface area contributed by atoms with Crippen molar-refractivity contribution in [3.8, 4) is 0 Å². The second-order valence-corrected chi connectivity index (χ2v) is 8.64. The van der Waals surface area contributed by atoms with Gasteiger partial charge in [-0.2, -0.15) is 0 Å². The number of aromatic nitrogens is 1. The molecule has 0 aliphatic heterocycles. The average Bonchev–Trinajstić information content (AvgIpc) is 2.95. The van der Waals surface area contributed by atoms with Crippen molar-refractivity contribution in [1.29, 1.82) is 0 Å². The Balaban J connectivity index is 0.000000223. The third-order valence-corrected chi connectivity index (χ3v) is 6.52. The van der Waals surface area contributed by atoms with Gasteiger partial charge in [0.15, 0.2) is 0 Å². The van der Waals surface area contributed by atoms with Crippen LogP contribution in [0.1, 0.15) is 84.6 Å². The van der Waals surface area contributed by atoms with Crippen LogP contribution in [0.5, 0.6) is 0 Å². The topological polar surface area (TPSA) is 12.9 Å². The lowest BCUT2D eigenvalue weighted by atomic mass is 10.0. The molecule has 146 valence electrons. The van der Waals surface area contributed by atoms with Gasteiger partial charge >= 0.3 is 0 Å². The molecule has 3 rings (SSSR count). The number of benzene rings is 1. The molecule has 0 spiro atoms. The first-order valence-electron chi connectivity index (χ1n) is 10.4. The highest BCUT2D eigenvalue weighted by Gasteiger charge is 2.14. The molecule has 1 heterocycles. The van der Waals surface area contributed by atoms with Crippen LogP contribution in [0.3, 0.4) is 0 Å². The fraction of sp³-hybridized carbons (Fsp3) is 0.480. The Morgan fingerprint density at radius 2 is 1.89 bits per heavy atom. The summed E-state index contributed by atoms with van der Waals surface area (Å²) in [7, 11) is 0. The van der Waals surface area contributed by atoms with Crippen LogP contribution in [0.4, 0.5) is 0 Å². The van der Waals surface area contributed by atoms with E-state index in [-0.39, 0.29) is 0 Å². The molecule has 0 radical (unpaired) electrons. The fourth-order valence-corrected chi connectivity index (χ4v) is 4.23. The summed E-state index contributed by atoms with van der Waals surface area (Å²) in [4.78, 5) is 6.20. The van der Waals surface area contributed by atoms with Crippen LogP contribution in [0, 0.1) is 13.8 Å². The molecule has 1 aliphatic carbocycles. The van der Waals surface area contributed by atoms with E-state index in [9.17, 15) is 0 Å². The van der Waals surface area contributed by atoms with Crippen molar-refractivity contribution in [3.63, 3.8) is 0 Å². The molecule has 0 fully saturated rings. The van der Waals surface area contributed by atoms with Gasteiger partial charge in [-0.25, -0.2) is 4.98 Å². The Bertz CT molecular complexity index is 767. The van der Waals surface area contributed by atoms with Gasteiger partial charge in [0.05, 0.1) is 10.7 Å². The van der Waals surface area contributed by atoms with E-state index in [1.807, 2.05) is 11.3 Å². The molecule has 0 saturated carbocycles. The minimum Gasteiger partial charge on any atom is -0.241 e. The number of hydrogen-bond donors (Lipinski definition) is 0. The number of fused-ring (bicyclic) bond motifs is 1. The Kier molecular flexibility index (Phi) is 9.00. The summed E-state index contributed by atoms with van der Waals surface area (Å²) in [6.45, 7) is 11.1. The van der Waals surface area contributed by atoms with Crippen molar-refractivity contribution >= 4 is 17.4 Å². The van der Waals surface area contributed by atoms with Gasteiger partial charge in [-0.05, 0) is 49.5 Å². The smallest absolute Gasteiger partial charge is 0.0963 e. The van der Waals surface area contributed by atoms with Crippen molar-refractivity contribution < 1.29 is 0 Å².